The number of halogens is 1. The first-order valence-corrected chi connectivity index (χ1v) is 11.0. The Kier molecular flexibility index (Phi) is 4.82. The van der Waals surface area contributed by atoms with Crippen LogP contribution in [0.3, 0.4) is 0 Å². The van der Waals surface area contributed by atoms with Gasteiger partial charge in [-0.25, -0.2) is 9.37 Å². The van der Waals surface area contributed by atoms with Gasteiger partial charge in [-0.2, -0.15) is 0 Å². The van der Waals surface area contributed by atoms with Crippen LogP contribution in [0.25, 0.3) is 22.3 Å². The van der Waals surface area contributed by atoms with Gasteiger partial charge >= 0.3 is 0 Å². The van der Waals surface area contributed by atoms with Crippen LogP contribution < -0.4 is 5.56 Å². The van der Waals surface area contributed by atoms with Gasteiger partial charge in [-0.1, -0.05) is 13.0 Å². The number of hydrogen-bond acceptors (Lipinski definition) is 3. The molecule has 0 spiro atoms. The monoisotopic (exact) mass is 418 g/mol. The molecular weight excluding hydrogens is 391 g/mol. The van der Waals surface area contributed by atoms with Crippen molar-refractivity contribution in [3.63, 3.8) is 0 Å². The summed E-state index contributed by atoms with van der Waals surface area (Å²) in [5, 5.41) is 1.10. The Hall–Kier alpha value is -2.79. The highest BCUT2D eigenvalue weighted by molar-refractivity contribution is 5.92. The zero-order valence-corrected chi connectivity index (χ0v) is 18.3. The van der Waals surface area contributed by atoms with Crippen molar-refractivity contribution in [1.29, 1.82) is 0 Å². The molecule has 1 aliphatic carbocycles. The first-order chi connectivity index (χ1) is 15.0. The summed E-state index contributed by atoms with van der Waals surface area (Å²) in [5.41, 5.74) is 8.11. The minimum Gasteiger partial charge on any atom is -0.380 e. The van der Waals surface area contributed by atoms with Gasteiger partial charge in [0.25, 0.3) is 5.56 Å². The molecule has 2 aromatic heterocycles. The molecule has 0 saturated carbocycles. The van der Waals surface area contributed by atoms with Crippen molar-refractivity contribution in [2.24, 2.45) is 0 Å². The molecule has 1 aromatic carbocycles. The maximum absolute atomic E-state index is 14.6. The van der Waals surface area contributed by atoms with Crippen LogP contribution in [-0.2, 0) is 30.7 Å². The molecule has 0 bridgehead atoms. The maximum atomic E-state index is 14.6. The molecular formula is C26H27FN2O2. The Balaban J connectivity index is 1.83. The van der Waals surface area contributed by atoms with E-state index in [1.165, 1.54) is 5.56 Å². The van der Waals surface area contributed by atoms with Crippen LogP contribution >= 0.6 is 0 Å². The van der Waals surface area contributed by atoms with E-state index in [1.54, 1.807) is 13.2 Å². The summed E-state index contributed by atoms with van der Waals surface area (Å²) < 4.78 is 21.8. The SMILES string of the molecule is C=CC(CC)c1cc2n(c(=O)c1COC)Cc1c-2nc2cc(F)c(C)c3c2c1CCC3. The van der Waals surface area contributed by atoms with Crippen molar-refractivity contribution < 1.29 is 9.13 Å². The maximum Gasteiger partial charge on any atom is 0.257 e. The average Bonchev–Trinajstić information content (AvgIpc) is 3.14. The standard InChI is InChI=1S/C26H27FN2O2/c1-5-15(6-2)18-10-23-25-19(12-29(23)26(30)20(18)13-31-4)17-9-7-8-16-14(3)21(27)11-22(28-25)24(16)17/h5,10-11,15H,1,6-9,12-13H2,2-4H3. The Morgan fingerprint density at radius 1 is 1.29 bits per heavy atom. The van der Waals surface area contributed by atoms with Gasteiger partial charge in [-0.3, -0.25) is 4.79 Å². The summed E-state index contributed by atoms with van der Waals surface area (Å²) in [4.78, 5) is 18.4. The summed E-state index contributed by atoms with van der Waals surface area (Å²) in [6.45, 7) is 8.70. The number of fused-ring (bicyclic) bond motifs is 4. The third kappa shape index (κ3) is 2.83. The van der Waals surface area contributed by atoms with Gasteiger partial charge in [0.05, 0.1) is 30.1 Å². The largest absolute Gasteiger partial charge is 0.380 e. The van der Waals surface area contributed by atoms with Crippen molar-refractivity contribution in [1.82, 2.24) is 9.55 Å². The van der Waals surface area contributed by atoms with E-state index in [2.05, 4.69) is 19.6 Å². The van der Waals surface area contributed by atoms with Crippen LogP contribution in [0.1, 0.15) is 59.1 Å². The van der Waals surface area contributed by atoms with Crippen LogP contribution in [0, 0.1) is 12.7 Å². The van der Waals surface area contributed by atoms with E-state index in [0.29, 0.717) is 17.6 Å². The van der Waals surface area contributed by atoms with Crippen LogP contribution in [0.4, 0.5) is 4.39 Å². The van der Waals surface area contributed by atoms with E-state index in [9.17, 15) is 9.18 Å². The van der Waals surface area contributed by atoms with Gasteiger partial charge < -0.3 is 9.30 Å². The highest BCUT2D eigenvalue weighted by atomic mass is 19.1. The first-order valence-electron chi connectivity index (χ1n) is 11.0. The molecule has 1 aliphatic heterocycles. The van der Waals surface area contributed by atoms with E-state index in [-0.39, 0.29) is 23.9 Å². The zero-order chi connectivity index (χ0) is 21.9. The summed E-state index contributed by atoms with van der Waals surface area (Å²) in [5.74, 6) is -0.134. The summed E-state index contributed by atoms with van der Waals surface area (Å²) in [7, 11) is 1.61. The molecule has 1 atom stereocenters. The Morgan fingerprint density at radius 2 is 2.06 bits per heavy atom. The second kappa shape index (κ2) is 7.41. The van der Waals surface area contributed by atoms with E-state index in [0.717, 1.165) is 64.7 Å². The molecule has 31 heavy (non-hydrogen) atoms. The molecule has 0 N–H and O–H groups in total. The number of rotatable bonds is 5. The van der Waals surface area contributed by atoms with Crippen molar-refractivity contribution in [3.05, 3.63) is 74.3 Å². The van der Waals surface area contributed by atoms with Gasteiger partial charge in [0.15, 0.2) is 0 Å². The topological polar surface area (TPSA) is 44.1 Å². The number of benzene rings is 1. The molecule has 4 nitrogen and oxygen atoms in total. The second-order valence-corrected chi connectivity index (χ2v) is 8.67. The fourth-order valence-corrected chi connectivity index (χ4v) is 5.46. The van der Waals surface area contributed by atoms with E-state index < -0.39 is 0 Å². The average molecular weight is 419 g/mol. The van der Waals surface area contributed by atoms with Crippen LogP contribution in [-0.4, -0.2) is 16.7 Å². The van der Waals surface area contributed by atoms with Crippen molar-refractivity contribution >= 4 is 10.9 Å². The molecule has 3 heterocycles. The van der Waals surface area contributed by atoms with Crippen molar-refractivity contribution in [2.45, 2.75) is 58.6 Å². The Morgan fingerprint density at radius 3 is 2.77 bits per heavy atom. The van der Waals surface area contributed by atoms with Crippen LogP contribution in [0.5, 0.6) is 0 Å². The molecule has 5 heteroatoms. The van der Waals surface area contributed by atoms with Crippen molar-refractivity contribution in [2.75, 3.05) is 7.11 Å². The van der Waals surface area contributed by atoms with Crippen molar-refractivity contribution in [3.8, 4) is 11.4 Å². The minimum absolute atomic E-state index is 0.0256. The highest BCUT2D eigenvalue weighted by Gasteiger charge is 2.31. The minimum atomic E-state index is -0.202. The fraction of sp³-hybridized carbons (Fsp3) is 0.385. The Bertz CT molecular complexity index is 1310. The van der Waals surface area contributed by atoms with E-state index in [1.807, 2.05) is 17.6 Å². The number of nitrogens with zero attached hydrogens (tertiary/aromatic N) is 2. The first kappa shape index (κ1) is 20.1. The van der Waals surface area contributed by atoms with E-state index in [4.69, 9.17) is 9.72 Å². The lowest BCUT2D eigenvalue weighted by atomic mass is 9.84. The van der Waals surface area contributed by atoms with Gasteiger partial charge in [-0.15, -0.1) is 6.58 Å². The molecule has 0 fully saturated rings. The number of methoxy groups -OCH3 is 1. The number of hydrogen-bond donors (Lipinski definition) is 0. The summed E-state index contributed by atoms with van der Waals surface area (Å²) >= 11 is 0. The van der Waals surface area contributed by atoms with Gasteiger partial charge in [-0.05, 0) is 60.9 Å². The van der Waals surface area contributed by atoms with Gasteiger partial charge in [0.1, 0.15) is 5.82 Å². The molecule has 0 amide bonds. The van der Waals surface area contributed by atoms with E-state index >= 15 is 0 Å². The van der Waals surface area contributed by atoms with Crippen LogP contribution in [0.2, 0.25) is 0 Å². The molecule has 2 aliphatic rings. The quantitative estimate of drug-likeness (QED) is 0.419. The molecule has 160 valence electrons. The molecule has 1 unspecified atom stereocenters. The molecule has 0 radical (unpaired) electrons. The second-order valence-electron chi connectivity index (χ2n) is 8.67. The number of aromatic nitrogens is 2. The number of pyridine rings is 2. The summed E-state index contributed by atoms with van der Waals surface area (Å²) in [6, 6.07) is 3.64. The summed E-state index contributed by atoms with van der Waals surface area (Å²) in [6.07, 6.45) is 5.54. The highest BCUT2D eigenvalue weighted by Crippen LogP contribution is 2.41. The van der Waals surface area contributed by atoms with Crippen LogP contribution in [0.15, 0.2) is 29.6 Å². The smallest absolute Gasteiger partial charge is 0.257 e. The lowest BCUT2D eigenvalue weighted by Crippen LogP contribution is -2.26. The number of allylic oxidation sites excluding steroid dienone is 1. The molecule has 3 aromatic rings. The third-order valence-electron chi connectivity index (χ3n) is 7.08. The predicted octanol–water partition coefficient (Wildman–Crippen LogP) is 5.19. The normalized spacial score (nSPS) is 15.1. The predicted molar refractivity (Wildman–Crippen MR) is 121 cm³/mol. The number of aryl methyl sites for hydroxylation is 2. The molecule has 5 rings (SSSR count). The van der Waals surface area contributed by atoms with Gasteiger partial charge in [0, 0.05) is 35.6 Å². The van der Waals surface area contributed by atoms with Gasteiger partial charge in [0.2, 0.25) is 0 Å². The number of ether oxygens (including phenoxy) is 1. The molecule has 0 saturated heterocycles. The lowest BCUT2D eigenvalue weighted by Gasteiger charge is -2.22. The third-order valence-corrected chi connectivity index (χ3v) is 7.08. The fourth-order valence-electron chi connectivity index (χ4n) is 5.46. The lowest BCUT2D eigenvalue weighted by molar-refractivity contribution is 0.182. The Labute approximate surface area is 181 Å². The zero-order valence-electron chi connectivity index (χ0n) is 18.3.